The smallest absolute Gasteiger partial charge is 0.140 e. The van der Waals surface area contributed by atoms with Gasteiger partial charge in [-0.25, -0.2) is 4.98 Å². The first-order valence-corrected chi connectivity index (χ1v) is 7.53. The Labute approximate surface area is 130 Å². The molecular formula is C18H19N3O. The lowest BCUT2D eigenvalue weighted by atomic mass is 10.1. The minimum atomic E-state index is 0.266. The fraction of sp³-hybridized carbons (Fsp3) is 0.222. The van der Waals surface area contributed by atoms with Crippen molar-refractivity contribution in [3.05, 3.63) is 66.7 Å². The van der Waals surface area contributed by atoms with Crippen molar-refractivity contribution in [1.82, 2.24) is 14.5 Å². The molecule has 0 aliphatic rings. The molecule has 4 nitrogen and oxygen atoms in total. The van der Waals surface area contributed by atoms with E-state index >= 15 is 0 Å². The number of aromatic hydroxyl groups is 1. The first-order chi connectivity index (χ1) is 10.8. The Kier molecular flexibility index (Phi) is 4.49. The number of nitrogens with zero attached hydrogens (tertiary/aromatic N) is 3. The molecule has 2 aromatic heterocycles. The van der Waals surface area contributed by atoms with Gasteiger partial charge in [-0.2, -0.15) is 0 Å². The average Bonchev–Trinajstić information content (AvgIpc) is 3.01. The zero-order valence-corrected chi connectivity index (χ0v) is 12.4. The number of pyridine rings is 1. The predicted molar refractivity (Wildman–Crippen MR) is 86.5 cm³/mol. The summed E-state index contributed by atoms with van der Waals surface area (Å²) in [7, 11) is 0. The molecule has 0 fully saturated rings. The number of phenolic OH excluding ortho intramolecular Hbond substituents is 1. The molecule has 0 saturated heterocycles. The van der Waals surface area contributed by atoms with Crippen molar-refractivity contribution in [2.24, 2.45) is 0 Å². The van der Waals surface area contributed by atoms with Gasteiger partial charge in [-0.3, -0.25) is 4.98 Å². The molecule has 0 spiro atoms. The van der Waals surface area contributed by atoms with Gasteiger partial charge in [0, 0.05) is 36.4 Å². The van der Waals surface area contributed by atoms with Gasteiger partial charge >= 0.3 is 0 Å². The highest BCUT2D eigenvalue weighted by Crippen LogP contribution is 2.22. The maximum atomic E-state index is 9.60. The van der Waals surface area contributed by atoms with Crippen molar-refractivity contribution in [2.75, 3.05) is 0 Å². The number of hydrogen-bond donors (Lipinski definition) is 1. The van der Waals surface area contributed by atoms with Crippen LogP contribution in [0.15, 0.2) is 61.1 Å². The summed E-state index contributed by atoms with van der Waals surface area (Å²) in [6.07, 6.45) is 8.79. The summed E-state index contributed by atoms with van der Waals surface area (Å²) >= 11 is 0. The van der Waals surface area contributed by atoms with Crippen LogP contribution in [-0.2, 0) is 13.0 Å². The van der Waals surface area contributed by atoms with E-state index in [4.69, 9.17) is 0 Å². The molecule has 0 atom stereocenters. The summed E-state index contributed by atoms with van der Waals surface area (Å²) in [6.45, 7) is 0.915. The summed E-state index contributed by atoms with van der Waals surface area (Å²) in [5.74, 6) is 1.16. The second-order valence-corrected chi connectivity index (χ2v) is 5.27. The monoisotopic (exact) mass is 293 g/mol. The number of imidazole rings is 1. The van der Waals surface area contributed by atoms with E-state index in [-0.39, 0.29) is 5.75 Å². The topological polar surface area (TPSA) is 50.9 Å². The quantitative estimate of drug-likeness (QED) is 0.705. The molecule has 0 amide bonds. The molecule has 0 radical (unpaired) electrons. The van der Waals surface area contributed by atoms with Gasteiger partial charge in [0.05, 0.1) is 0 Å². The Hall–Kier alpha value is -2.62. The number of unbranched alkanes of at least 4 members (excludes halogenated alkanes) is 1. The molecule has 112 valence electrons. The lowest BCUT2D eigenvalue weighted by Crippen LogP contribution is -2.00. The van der Waals surface area contributed by atoms with E-state index in [0.29, 0.717) is 0 Å². The van der Waals surface area contributed by atoms with Crippen molar-refractivity contribution >= 4 is 0 Å². The van der Waals surface area contributed by atoms with E-state index in [1.54, 1.807) is 18.3 Å². The van der Waals surface area contributed by atoms with Gasteiger partial charge in [0.1, 0.15) is 11.6 Å². The molecule has 0 aliphatic carbocycles. The molecule has 1 N–H and O–H groups in total. The van der Waals surface area contributed by atoms with Crippen LogP contribution in [0, 0.1) is 0 Å². The minimum absolute atomic E-state index is 0.266. The second-order valence-electron chi connectivity index (χ2n) is 5.27. The van der Waals surface area contributed by atoms with Crippen molar-refractivity contribution in [2.45, 2.75) is 25.8 Å². The fourth-order valence-corrected chi connectivity index (χ4v) is 2.53. The van der Waals surface area contributed by atoms with Gasteiger partial charge < -0.3 is 9.67 Å². The molecular weight excluding hydrogens is 274 g/mol. The van der Waals surface area contributed by atoms with Crippen LogP contribution in [0.25, 0.3) is 11.4 Å². The molecule has 2 heterocycles. The first kappa shape index (κ1) is 14.3. The Bertz CT molecular complexity index is 722. The van der Waals surface area contributed by atoms with Gasteiger partial charge in [0.2, 0.25) is 0 Å². The molecule has 0 unspecified atom stereocenters. The second kappa shape index (κ2) is 6.89. The normalized spacial score (nSPS) is 10.7. The molecule has 0 bridgehead atoms. The van der Waals surface area contributed by atoms with Crippen LogP contribution in [0.1, 0.15) is 18.5 Å². The molecule has 3 aromatic rings. The van der Waals surface area contributed by atoms with Crippen LogP contribution < -0.4 is 0 Å². The molecule has 0 saturated carbocycles. The van der Waals surface area contributed by atoms with Gasteiger partial charge in [-0.1, -0.05) is 18.2 Å². The van der Waals surface area contributed by atoms with E-state index in [1.165, 1.54) is 0 Å². The highest BCUT2D eigenvalue weighted by Gasteiger charge is 2.06. The van der Waals surface area contributed by atoms with Crippen molar-refractivity contribution in [1.29, 1.82) is 0 Å². The number of aryl methyl sites for hydroxylation is 2. The van der Waals surface area contributed by atoms with Crippen LogP contribution in [0.5, 0.6) is 5.75 Å². The highest BCUT2D eigenvalue weighted by molar-refractivity contribution is 5.57. The Morgan fingerprint density at radius 2 is 1.91 bits per heavy atom. The third-order valence-corrected chi connectivity index (χ3v) is 3.63. The van der Waals surface area contributed by atoms with Crippen molar-refractivity contribution in [3.8, 4) is 17.1 Å². The maximum absolute atomic E-state index is 9.60. The van der Waals surface area contributed by atoms with Gasteiger partial charge in [-0.15, -0.1) is 0 Å². The SMILES string of the molecule is Oc1cccc(-c2nccn2CCCCc2ccccn2)c1. The summed E-state index contributed by atoms with van der Waals surface area (Å²) in [4.78, 5) is 8.75. The Morgan fingerprint density at radius 3 is 2.73 bits per heavy atom. The summed E-state index contributed by atoms with van der Waals surface area (Å²) in [5.41, 5.74) is 2.08. The van der Waals surface area contributed by atoms with Crippen molar-refractivity contribution in [3.63, 3.8) is 0 Å². The minimum Gasteiger partial charge on any atom is -0.508 e. The zero-order chi connectivity index (χ0) is 15.2. The van der Waals surface area contributed by atoms with E-state index < -0.39 is 0 Å². The maximum Gasteiger partial charge on any atom is 0.140 e. The van der Waals surface area contributed by atoms with Gasteiger partial charge in [-0.05, 0) is 43.5 Å². The lowest BCUT2D eigenvalue weighted by Gasteiger charge is -2.08. The summed E-state index contributed by atoms with van der Waals surface area (Å²) in [5, 5.41) is 9.60. The van der Waals surface area contributed by atoms with Gasteiger partial charge in [0.15, 0.2) is 0 Å². The molecule has 4 heteroatoms. The van der Waals surface area contributed by atoms with Crippen LogP contribution >= 0.6 is 0 Å². The zero-order valence-electron chi connectivity index (χ0n) is 12.4. The van der Waals surface area contributed by atoms with Crippen LogP contribution in [0.3, 0.4) is 0 Å². The lowest BCUT2D eigenvalue weighted by molar-refractivity contribution is 0.475. The third kappa shape index (κ3) is 3.52. The van der Waals surface area contributed by atoms with Crippen molar-refractivity contribution < 1.29 is 5.11 Å². The summed E-state index contributed by atoms with van der Waals surface area (Å²) in [6, 6.07) is 13.2. The number of rotatable bonds is 6. The number of benzene rings is 1. The predicted octanol–water partition coefficient (Wildman–Crippen LogP) is 3.67. The van der Waals surface area contributed by atoms with E-state index in [1.807, 2.05) is 36.7 Å². The first-order valence-electron chi connectivity index (χ1n) is 7.53. The van der Waals surface area contributed by atoms with Gasteiger partial charge in [0.25, 0.3) is 0 Å². The standard InChI is InChI=1S/C18H19N3O/c22-17-9-5-6-15(14-17)18-20-11-13-21(18)12-4-2-8-16-7-1-3-10-19-16/h1,3,5-7,9-11,13-14,22H,2,4,8,12H2. The number of phenols is 1. The largest absolute Gasteiger partial charge is 0.508 e. The Balaban J connectivity index is 1.59. The molecule has 22 heavy (non-hydrogen) atoms. The van der Waals surface area contributed by atoms with Crippen LogP contribution in [0.4, 0.5) is 0 Å². The Morgan fingerprint density at radius 1 is 0.955 bits per heavy atom. The third-order valence-electron chi connectivity index (χ3n) is 3.63. The van der Waals surface area contributed by atoms with E-state index in [9.17, 15) is 5.11 Å². The number of hydrogen-bond acceptors (Lipinski definition) is 3. The fourth-order valence-electron chi connectivity index (χ4n) is 2.53. The molecule has 0 aliphatic heterocycles. The van der Waals surface area contributed by atoms with Crippen LogP contribution in [0.2, 0.25) is 0 Å². The molecule has 3 rings (SSSR count). The molecule has 1 aromatic carbocycles. The summed E-state index contributed by atoms with van der Waals surface area (Å²) < 4.78 is 2.13. The highest BCUT2D eigenvalue weighted by atomic mass is 16.3. The van der Waals surface area contributed by atoms with E-state index in [2.05, 4.69) is 20.6 Å². The average molecular weight is 293 g/mol. The van der Waals surface area contributed by atoms with Crippen LogP contribution in [-0.4, -0.2) is 19.6 Å². The number of aromatic nitrogens is 3. The van der Waals surface area contributed by atoms with E-state index in [0.717, 1.165) is 42.9 Å².